The van der Waals surface area contributed by atoms with E-state index in [1.54, 1.807) is 0 Å². The van der Waals surface area contributed by atoms with E-state index in [1.165, 1.54) is 51.6 Å². The van der Waals surface area contributed by atoms with E-state index >= 15 is 0 Å². The van der Waals surface area contributed by atoms with Crippen LogP contribution in [0.25, 0.3) is 0 Å². The van der Waals surface area contributed by atoms with Crippen LogP contribution >= 0.6 is 0 Å². The van der Waals surface area contributed by atoms with Crippen LogP contribution in [0.15, 0.2) is 0 Å². The highest BCUT2D eigenvalue weighted by atomic mass is 15.3. The molecule has 0 amide bonds. The van der Waals surface area contributed by atoms with Gasteiger partial charge in [-0.25, -0.2) is 0 Å². The Hall–Kier alpha value is -0.120. The summed E-state index contributed by atoms with van der Waals surface area (Å²) < 4.78 is 0. The summed E-state index contributed by atoms with van der Waals surface area (Å²) in [5.74, 6) is 0.902. The van der Waals surface area contributed by atoms with Gasteiger partial charge in [0.2, 0.25) is 0 Å². The predicted octanol–water partition coefficient (Wildman–Crippen LogP) is 1.92. The molecule has 18 heavy (non-hydrogen) atoms. The summed E-state index contributed by atoms with van der Waals surface area (Å²) in [6.45, 7) is 5.72. The maximum absolute atomic E-state index is 6.18. The molecule has 2 N–H and O–H groups in total. The van der Waals surface area contributed by atoms with Crippen molar-refractivity contribution >= 4 is 0 Å². The van der Waals surface area contributed by atoms with E-state index in [-0.39, 0.29) is 0 Å². The van der Waals surface area contributed by atoms with Crippen molar-refractivity contribution < 1.29 is 0 Å². The number of nitrogens with two attached hydrogens (primary N) is 1. The first-order valence-corrected chi connectivity index (χ1v) is 7.69. The molecule has 2 rings (SSSR count). The fourth-order valence-corrected chi connectivity index (χ4v) is 3.76. The molecular formula is C15H31N3. The Morgan fingerprint density at radius 3 is 2.44 bits per heavy atom. The van der Waals surface area contributed by atoms with Gasteiger partial charge in [0.25, 0.3) is 0 Å². The summed E-state index contributed by atoms with van der Waals surface area (Å²) in [5, 5.41) is 0. The van der Waals surface area contributed by atoms with Crippen LogP contribution in [-0.4, -0.2) is 55.1 Å². The van der Waals surface area contributed by atoms with Gasteiger partial charge in [0.15, 0.2) is 0 Å². The lowest BCUT2D eigenvalue weighted by Gasteiger charge is -2.51. The molecule has 1 saturated carbocycles. The Bertz CT molecular complexity index is 256. The molecule has 1 unspecified atom stereocenters. The molecule has 1 aliphatic carbocycles. The maximum atomic E-state index is 6.18. The van der Waals surface area contributed by atoms with Gasteiger partial charge in [-0.3, -0.25) is 4.90 Å². The molecule has 0 aromatic heterocycles. The standard InChI is InChI=1S/C15H31N3/c1-13-6-8-15(12-16,9-7-13)18-10-4-5-14(11-18)17(2)3/h13-14H,4-12,16H2,1-3H3. The van der Waals surface area contributed by atoms with Crippen LogP contribution < -0.4 is 5.73 Å². The van der Waals surface area contributed by atoms with E-state index in [2.05, 4.69) is 30.8 Å². The normalized spacial score (nSPS) is 39.2. The Morgan fingerprint density at radius 2 is 1.89 bits per heavy atom. The predicted molar refractivity (Wildman–Crippen MR) is 77.7 cm³/mol. The molecule has 106 valence electrons. The number of piperidine rings is 1. The zero-order valence-corrected chi connectivity index (χ0v) is 12.5. The lowest BCUT2D eigenvalue weighted by molar-refractivity contribution is 0.00389. The van der Waals surface area contributed by atoms with Gasteiger partial charge in [-0.1, -0.05) is 6.92 Å². The molecule has 0 aromatic rings. The first-order chi connectivity index (χ1) is 8.57. The average molecular weight is 253 g/mol. The highest BCUT2D eigenvalue weighted by molar-refractivity contribution is 4.98. The van der Waals surface area contributed by atoms with Crippen LogP contribution in [-0.2, 0) is 0 Å². The quantitative estimate of drug-likeness (QED) is 0.834. The molecular weight excluding hydrogens is 222 g/mol. The number of hydrogen-bond acceptors (Lipinski definition) is 3. The second-order valence-electron chi connectivity index (χ2n) is 6.82. The van der Waals surface area contributed by atoms with E-state index in [0.29, 0.717) is 5.54 Å². The van der Waals surface area contributed by atoms with Gasteiger partial charge in [0.05, 0.1) is 0 Å². The second-order valence-corrected chi connectivity index (χ2v) is 6.82. The average Bonchev–Trinajstić information content (AvgIpc) is 2.40. The van der Waals surface area contributed by atoms with Crippen molar-refractivity contribution in [1.82, 2.24) is 9.80 Å². The van der Waals surface area contributed by atoms with Gasteiger partial charge in [0.1, 0.15) is 0 Å². The summed E-state index contributed by atoms with van der Waals surface area (Å²) >= 11 is 0. The van der Waals surface area contributed by atoms with Crippen molar-refractivity contribution in [3.8, 4) is 0 Å². The van der Waals surface area contributed by atoms with Crippen molar-refractivity contribution in [1.29, 1.82) is 0 Å². The number of hydrogen-bond donors (Lipinski definition) is 1. The largest absolute Gasteiger partial charge is 0.329 e. The van der Waals surface area contributed by atoms with Crippen LogP contribution in [0.1, 0.15) is 45.4 Å². The summed E-state index contributed by atoms with van der Waals surface area (Å²) in [6.07, 6.45) is 8.02. The van der Waals surface area contributed by atoms with Crippen molar-refractivity contribution in [3.63, 3.8) is 0 Å². The van der Waals surface area contributed by atoms with Gasteiger partial charge in [-0.05, 0) is 65.1 Å². The van der Waals surface area contributed by atoms with Gasteiger partial charge in [0, 0.05) is 24.7 Å². The minimum Gasteiger partial charge on any atom is -0.329 e. The van der Waals surface area contributed by atoms with Crippen LogP contribution in [0.3, 0.4) is 0 Å². The fourth-order valence-electron chi connectivity index (χ4n) is 3.76. The molecule has 3 heteroatoms. The SMILES string of the molecule is CC1CCC(CN)(N2CCCC(N(C)C)C2)CC1. The molecule has 0 aromatic carbocycles. The van der Waals surface area contributed by atoms with Gasteiger partial charge in [-0.2, -0.15) is 0 Å². The monoisotopic (exact) mass is 253 g/mol. The van der Waals surface area contributed by atoms with Gasteiger partial charge >= 0.3 is 0 Å². The first kappa shape index (κ1) is 14.3. The van der Waals surface area contributed by atoms with Crippen LogP contribution in [0.4, 0.5) is 0 Å². The third-order valence-corrected chi connectivity index (χ3v) is 5.38. The lowest BCUT2D eigenvalue weighted by atomic mass is 9.75. The topological polar surface area (TPSA) is 32.5 Å². The Morgan fingerprint density at radius 1 is 1.22 bits per heavy atom. The van der Waals surface area contributed by atoms with Crippen LogP contribution in [0.5, 0.6) is 0 Å². The Balaban J connectivity index is 2.03. The molecule has 0 spiro atoms. The number of rotatable bonds is 3. The van der Waals surface area contributed by atoms with E-state index in [1.807, 2.05) is 0 Å². The number of nitrogens with zero attached hydrogens (tertiary/aromatic N) is 2. The van der Waals surface area contributed by atoms with E-state index in [0.717, 1.165) is 18.5 Å². The smallest absolute Gasteiger partial charge is 0.0332 e. The summed E-state index contributed by atoms with van der Waals surface area (Å²) in [6, 6.07) is 0.724. The van der Waals surface area contributed by atoms with Crippen LogP contribution in [0.2, 0.25) is 0 Å². The van der Waals surface area contributed by atoms with Gasteiger partial charge < -0.3 is 10.6 Å². The van der Waals surface area contributed by atoms with E-state index < -0.39 is 0 Å². The zero-order valence-electron chi connectivity index (χ0n) is 12.5. The highest BCUT2D eigenvalue weighted by Gasteiger charge is 2.40. The molecule has 2 aliphatic rings. The summed E-state index contributed by atoms with van der Waals surface area (Å²) in [4.78, 5) is 5.12. The molecule has 0 bridgehead atoms. The Labute approximate surface area is 113 Å². The van der Waals surface area contributed by atoms with Crippen molar-refractivity contribution in [3.05, 3.63) is 0 Å². The van der Waals surface area contributed by atoms with Crippen molar-refractivity contribution in [2.24, 2.45) is 11.7 Å². The summed E-state index contributed by atoms with van der Waals surface area (Å²) in [5.41, 5.74) is 6.50. The van der Waals surface area contributed by atoms with Crippen LogP contribution in [0, 0.1) is 5.92 Å². The molecule has 0 radical (unpaired) electrons. The first-order valence-electron chi connectivity index (χ1n) is 7.69. The number of likely N-dealkylation sites (N-methyl/N-ethyl adjacent to an activating group) is 1. The Kier molecular flexibility index (Phi) is 4.68. The van der Waals surface area contributed by atoms with E-state index in [9.17, 15) is 0 Å². The van der Waals surface area contributed by atoms with Gasteiger partial charge in [-0.15, -0.1) is 0 Å². The second kappa shape index (κ2) is 5.89. The third kappa shape index (κ3) is 2.89. The molecule has 2 fully saturated rings. The highest BCUT2D eigenvalue weighted by Crippen LogP contribution is 2.37. The minimum absolute atomic E-state index is 0.321. The maximum Gasteiger partial charge on any atom is 0.0332 e. The molecule has 1 heterocycles. The van der Waals surface area contributed by atoms with E-state index in [4.69, 9.17) is 5.73 Å². The molecule has 3 nitrogen and oxygen atoms in total. The third-order valence-electron chi connectivity index (χ3n) is 5.38. The molecule has 1 saturated heterocycles. The fraction of sp³-hybridized carbons (Fsp3) is 1.00. The van der Waals surface area contributed by atoms with Crippen molar-refractivity contribution in [2.75, 3.05) is 33.7 Å². The zero-order chi connectivity index (χ0) is 13.2. The number of likely N-dealkylation sites (tertiary alicyclic amines) is 1. The minimum atomic E-state index is 0.321. The molecule has 1 atom stereocenters. The van der Waals surface area contributed by atoms with Crippen molar-refractivity contribution in [2.45, 2.75) is 57.0 Å². The lowest BCUT2D eigenvalue weighted by Crippen LogP contribution is -2.60. The molecule has 1 aliphatic heterocycles. The summed E-state index contributed by atoms with van der Waals surface area (Å²) in [7, 11) is 4.43.